The predicted molar refractivity (Wildman–Crippen MR) is 70.7 cm³/mol. The molecular formula is C14H13FN2O3. The molecule has 1 aromatic carbocycles. The van der Waals surface area contributed by atoms with E-state index in [0.717, 1.165) is 0 Å². The molecule has 0 unspecified atom stereocenters. The third-order valence-electron chi connectivity index (χ3n) is 2.75. The molecule has 1 N–H and O–H groups in total. The molecule has 6 heteroatoms. The van der Waals surface area contributed by atoms with E-state index >= 15 is 0 Å². The summed E-state index contributed by atoms with van der Waals surface area (Å²) in [5.74, 6) is -1.11. The van der Waals surface area contributed by atoms with Gasteiger partial charge in [0.05, 0.1) is 24.6 Å². The molecule has 0 saturated carbocycles. The Hall–Kier alpha value is -2.50. The van der Waals surface area contributed by atoms with Crippen LogP contribution in [0.5, 0.6) is 0 Å². The third-order valence-corrected chi connectivity index (χ3v) is 2.75. The lowest BCUT2D eigenvalue weighted by molar-refractivity contribution is -0.140. The van der Waals surface area contributed by atoms with Gasteiger partial charge in [0.25, 0.3) is 5.91 Å². The van der Waals surface area contributed by atoms with Gasteiger partial charge in [-0.15, -0.1) is 0 Å². The molecule has 20 heavy (non-hydrogen) atoms. The highest BCUT2D eigenvalue weighted by atomic mass is 19.1. The maximum Gasteiger partial charge on any atom is 0.307 e. The number of fused-ring (bicyclic) bond motifs is 1. The quantitative estimate of drug-likeness (QED) is 0.862. The van der Waals surface area contributed by atoms with Crippen molar-refractivity contribution in [2.75, 3.05) is 13.7 Å². The Bertz CT molecular complexity index is 658. The number of pyridine rings is 1. The first-order valence-electron chi connectivity index (χ1n) is 6.00. The van der Waals surface area contributed by atoms with Crippen molar-refractivity contribution < 1.29 is 18.7 Å². The molecule has 2 rings (SSSR count). The zero-order chi connectivity index (χ0) is 14.5. The molecule has 1 aromatic heterocycles. The number of rotatable bonds is 4. The summed E-state index contributed by atoms with van der Waals surface area (Å²) in [4.78, 5) is 26.8. The van der Waals surface area contributed by atoms with Crippen molar-refractivity contribution in [3.05, 3.63) is 41.8 Å². The summed E-state index contributed by atoms with van der Waals surface area (Å²) in [5.41, 5.74) is 0.838. The van der Waals surface area contributed by atoms with Gasteiger partial charge < -0.3 is 10.1 Å². The third kappa shape index (κ3) is 3.28. The number of hydrogen-bond donors (Lipinski definition) is 1. The molecule has 2 aromatic rings. The summed E-state index contributed by atoms with van der Waals surface area (Å²) in [7, 11) is 1.29. The fraction of sp³-hybridized carbons (Fsp3) is 0.214. The molecule has 1 amide bonds. The minimum absolute atomic E-state index is 0.106. The fourth-order valence-corrected chi connectivity index (χ4v) is 1.70. The maximum atomic E-state index is 13.0. The number of aromatic nitrogens is 1. The average molecular weight is 276 g/mol. The van der Waals surface area contributed by atoms with Gasteiger partial charge in [0.15, 0.2) is 0 Å². The van der Waals surface area contributed by atoms with Crippen molar-refractivity contribution in [3.8, 4) is 0 Å². The van der Waals surface area contributed by atoms with Gasteiger partial charge >= 0.3 is 5.97 Å². The number of hydrogen-bond acceptors (Lipinski definition) is 4. The van der Waals surface area contributed by atoms with Gasteiger partial charge in [-0.05, 0) is 18.2 Å². The predicted octanol–water partition coefficient (Wildman–Crippen LogP) is 1.67. The normalized spacial score (nSPS) is 10.3. The Morgan fingerprint density at radius 3 is 2.90 bits per heavy atom. The lowest BCUT2D eigenvalue weighted by atomic mass is 10.1. The number of methoxy groups -OCH3 is 1. The molecule has 0 bridgehead atoms. The Morgan fingerprint density at radius 2 is 2.15 bits per heavy atom. The Morgan fingerprint density at radius 1 is 1.35 bits per heavy atom. The first kappa shape index (κ1) is 13.9. The topological polar surface area (TPSA) is 68.3 Å². The van der Waals surface area contributed by atoms with Crippen molar-refractivity contribution in [1.29, 1.82) is 0 Å². The van der Waals surface area contributed by atoms with Crippen molar-refractivity contribution in [1.82, 2.24) is 10.3 Å². The number of nitrogens with one attached hydrogen (secondary N) is 1. The van der Waals surface area contributed by atoms with Crippen LogP contribution in [0.2, 0.25) is 0 Å². The lowest BCUT2D eigenvalue weighted by Crippen LogP contribution is -2.26. The van der Waals surface area contributed by atoms with E-state index in [1.54, 1.807) is 12.1 Å². The lowest BCUT2D eigenvalue weighted by Gasteiger charge is -2.05. The summed E-state index contributed by atoms with van der Waals surface area (Å²) < 4.78 is 17.5. The molecule has 0 fully saturated rings. The number of ether oxygens (including phenoxy) is 1. The van der Waals surface area contributed by atoms with Crippen molar-refractivity contribution >= 4 is 22.8 Å². The molecule has 5 nitrogen and oxygen atoms in total. The molecule has 104 valence electrons. The van der Waals surface area contributed by atoms with Gasteiger partial charge in [-0.2, -0.15) is 0 Å². The number of halogens is 1. The zero-order valence-electron chi connectivity index (χ0n) is 10.9. The number of amides is 1. The largest absolute Gasteiger partial charge is 0.469 e. The van der Waals surface area contributed by atoms with Crippen molar-refractivity contribution in [3.63, 3.8) is 0 Å². The summed E-state index contributed by atoms with van der Waals surface area (Å²) in [6, 6.07) is 5.79. The second kappa shape index (κ2) is 6.10. The van der Waals surface area contributed by atoms with Gasteiger partial charge in [-0.3, -0.25) is 14.6 Å². The first-order chi connectivity index (χ1) is 9.60. The van der Waals surface area contributed by atoms with E-state index in [-0.39, 0.29) is 24.7 Å². The van der Waals surface area contributed by atoms with Crippen LogP contribution in [0.1, 0.15) is 16.8 Å². The van der Waals surface area contributed by atoms with Crippen LogP contribution < -0.4 is 5.32 Å². The van der Waals surface area contributed by atoms with Crippen LogP contribution in [0.3, 0.4) is 0 Å². The highest BCUT2D eigenvalue weighted by Crippen LogP contribution is 2.14. The fourth-order valence-electron chi connectivity index (χ4n) is 1.70. The van der Waals surface area contributed by atoms with Crippen molar-refractivity contribution in [2.24, 2.45) is 0 Å². The number of carbonyl (C=O) groups excluding carboxylic acids is 2. The monoisotopic (exact) mass is 276 g/mol. The van der Waals surface area contributed by atoms with E-state index in [1.807, 2.05) is 0 Å². The standard InChI is InChI=1S/C14H13FN2O3/c1-20-13(18)4-5-16-14(19)10-6-9-2-3-11(15)7-12(9)17-8-10/h2-3,6-8H,4-5H2,1H3,(H,16,19). The maximum absolute atomic E-state index is 13.0. The van der Waals surface area contributed by atoms with Crippen LogP contribution in [-0.2, 0) is 9.53 Å². The second-order valence-corrected chi connectivity index (χ2v) is 4.14. The molecular weight excluding hydrogens is 263 g/mol. The molecule has 0 spiro atoms. The minimum Gasteiger partial charge on any atom is -0.469 e. The molecule has 0 aliphatic heterocycles. The number of benzene rings is 1. The molecule has 0 aliphatic carbocycles. The average Bonchev–Trinajstić information content (AvgIpc) is 2.46. The van der Waals surface area contributed by atoms with E-state index < -0.39 is 5.97 Å². The number of carbonyl (C=O) groups is 2. The van der Waals surface area contributed by atoms with E-state index in [1.165, 1.54) is 25.4 Å². The summed E-state index contributed by atoms with van der Waals surface area (Å²) >= 11 is 0. The van der Waals surface area contributed by atoms with Gasteiger partial charge in [0.2, 0.25) is 0 Å². The Labute approximate surface area is 114 Å². The van der Waals surface area contributed by atoms with E-state index in [9.17, 15) is 14.0 Å². The Kier molecular flexibility index (Phi) is 4.24. The van der Waals surface area contributed by atoms with E-state index in [0.29, 0.717) is 16.5 Å². The van der Waals surface area contributed by atoms with Crippen LogP contribution in [0, 0.1) is 5.82 Å². The zero-order valence-corrected chi connectivity index (χ0v) is 10.9. The van der Waals surface area contributed by atoms with Crippen LogP contribution in [0.25, 0.3) is 10.9 Å². The van der Waals surface area contributed by atoms with Crippen LogP contribution in [-0.4, -0.2) is 30.5 Å². The first-order valence-corrected chi connectivity index (χ1v) is 6.00. The molecule has 0 radical (unpaired) electrons. The number of esters is 1. The summed E-state index contributed by atoms with van der Waals surface area (Å²) in [6.07, 6.45) is 1.48. The molecule has 0 saturated heterocycles. The van der Waals surface area contributed by atoms with Gasteiger partial charge in [0, 0.05) is 24.2 Å². The molecule has 0 aliphatic rings. The van der Waals surface area contributed by atoms with E-state index in [2.05, 4.69) is 15.0 Å². The second-order valence-electron chi connectivity index (χ2n) is 4.14. The summed E-state index contributed by atoms with van der Waals surface area (Å²) in [5, 5.41) is 3.26. The molecule has 1 heterocycles. The van der Waals surface area contributed by atoms with Crippen LogP contribution in [0.15, 0.2) is 30.5 Å². The van der Waals surface area contributed by atoms with Gasteiger partial charge in [-0.1, -0.05) is 0 Å². The van der Waals surface area contributed by atoms with E-state index in [4.69, 9.17) is 0 Å². The molecule has 0 atom stereocenters. The highest BCUT2D eigenvalue weighted by Gasteiger charge is 2.08. The van der Waals surface area contributed by atoms with Crippen LogP contribution in [0.4, 0.5) is 4.39 Å². The van der Waals surface area contributed by atoms with Crippen LogP contribution >= 0.6 is 0 Å². The highest BCUT2D eigenvalue weighted by molar-refractivity contribution is 5.97. The smallest absolute Gasteiger partial charge is 0.307 e. The van der Waals surface area contributed by atoms with Gasteiger partial charge in [0.1, 0.15) is 5.82 Å². The summed E-state index contributed by atoms with van der Waals surface area (Å²) in [6.45, 7) is 0.187. The minimum atomic E-state index is -0.391. The number of nitrogens with zero attached hydrogens (tertiary/aromatic N) is 1. The SMILES string of the molecule is COC(=O)CCNC(=O)c1cnc2cc(F)ccc2c1. The Balaban J connectivity index is 2.07. The van der Waals surface area contributed by atoms with Gasteiger partial charge in [-0.25, -0.2) is 4.39 Å². The van der Waals surface area contributed by atoms with Crippen molar-refractivity contribution in [2.45, 2.75) is 6.42 Å².